The van der Waals surface area contributed by atoms with Crippen molar-refractivity contribution in [2.45, 2.75) is 65.5 Å². The summed E-state index contributed by atoms with van der Waals surface area (Å²) in [6.45, 7) is 12.7. The molecule has 21 heavy (non-hydrogen) atoms. The third-order valence-electron chi connectivity index (χ3n) is 3.81. The summed E-state index contributed by atoms with van der Waals surface area (Å²) in [6.07, 6.45) is 4.74. The van der Waals surface area contributed by atoms with Crippen LogP contribution in [0.2, 0.25) is 0 Å². The van der Waals surface area contributed by atoms with Gasteiger partial charge in [0.1, 0.15) is 5.82 Å². The second-order valence-electron chi connectivity index (χ2n) is 7.64. The molecule has 0 aromatic carbocycles. The average Bonchev–Trinajstić information content (AvgIpc) is 3.18. The van der Waals surface area contributed by atoms with Crippen molar-refractivity contribution in [1.29, 1.82) is 0 Å². The van der Waals surface area contributed by atoms with Crippen molar-refractivity contribution >= 4 is 5.69 Å². The van der Waals surface area contributed by atoms with Crippen LogP contribution in [0, 0.1) is 5.92 Å². The Morgan fingerprint density at radius 3 is 2.52 bits per heavy atom. The van der Waals surface area contributed by atoms with E-state index in [-0.39, 0.29) is 5.54 Å². The van der Waals surface area contributed by atoms with Gasteiger partial charge in [0.2, 0.25) is 0 Å². The van der Waals surface area contributed by atoms with E-state index in [1.165, 1.54) is 18.5 Å². The van der Waals surface area contributed by atoms with Gasteiger partial charge >= 0.3 is 0 Å². The van der Waals surface area contributed by atoms with Gasteiger partial charge in [0, 0.05) is 31.6 Å². The molecule has 0 bridgehead atoms. The first-order valence-electron chi connectivity index (χ1n) is 8.08. The van der Waals surface area contributed by atoms with Gasteiger partial charge < -0.3 is 10.2 Å². The molecule has 0 unspecified atom stereocenters. The Bertz CT molecular complexity index is 472. The summed E-state index contributed by atoms with van der Waals surface area (Å²) in [7, 11) is 2.16. The first kappa shape index (κ1) is 16.2. The molecule has 1 aromatic rings. The number of hydrogen-bond donors (Lipinski definition) is 1. The maximum Gasteiger partial charge on any atom is 0.131 e. The zero-order valence-corrected chi connectivity index (χ0v) is 14.4. The predicted molar refractivity (Wildman–Crippen MR) is 88.7 cm³/mol. The molecule has 1 fully saturated rings. The Labute approximate surface area is 129 Å². The van der Waals surface area contributed by atoms with E-state index < -0.39 is 0 Å². The lowest BCUT2D eigenvalue weighted by Gasteiger charge is -2.25. The van der Waals surface area contributed by atoms with Crippen LogP contribution in [-0.4, -0.2) is 29.1 Å². The highest BCUT2D eigenvalue weighted by Gasteiger charge is 2.24. The van der Waals surface area contributed by atoms with Gasteiger partial charge in [0.25, 0.3) is 0 Å². The highest BCUT2D eigenvalue weighted by Crippen LogP contribution is 2.31. The molecule has 2 rings (SSSR count). The number of rotatable bonds is 6. The minimum Gasteiger partial charge on any atom is -0.372 e. The molecule has 1 aromatic heterocycles. The van der Waals surface area contributed by atoms with Crippen LogP contribution in [0.15, 0.2) is 6.20 Å². The lowest BCUT2D eigenvalue weighted by atomic mass is 10.1. The predicted octanol–water partition coefficient (Wildman–Crippen LogP) is 3.33. The van der Waals surface area contributed by atoms with Crippen molar-refractivity contribution in [1.82, 2.24) is 15.3 Å². The SMILES string of the molecule is CC(C)c1ncc(N(C)CC2CC2)c(CNC(C)(C)C)n1. The topological polar surface area (TPSA) is 41.1 Å². The molecule has 0 saturated heterocycles. The molecule has 1 aliphatic rings. The fourth-order valence-electron chi connectivity index (χ4n) is 2.29. The van der Waals surface area contributed by atoms with E-state index in [2.05, 4.69) is 56.9 Å². The van der Waals surface area contributed by atoms with Crippen LogP contribution in [0.3, 0.4) is 0 Å². The van der Waals surface area contributed by atoms with Gasteiger partial charge in [0.05, 0.1) is 17.6 Å². The second kappa shape index (κ2) is 6.30. The van der Waals surface area contributed by atoms with Crippen LogP contribution in [0.25, 0.3) is 0 Å². The number of anilines is 1. The molecule has 0 atom stereocenters. The highest BCUT2D eigenvalue weighted by atomic mass is 15.1. The van der Waals surface area contributed by atoms with Crippen LogP contribution in [0.1, 0.15) is 64.9 Å². The normalized spacial score (nSPS) is 15.6. The summed E-state index contributed by atoms with van der Waals surface area (Å²) in [5.41, 5.74) is 2.38. The zero-order chi connectivity index (χ0) is 15.6. The Balaban J connectivity index is 2.19. The third-order valence-corrected chi connectivity index (χ3v) is 3.81. The minimum absolute atomic E-state index is 0.0925. The summed E-state index contributed by atoms with van der Waals surface area (Å²) in [5.74, 6) is 2.16. The molecule has 1 saturated carbocycles. The van der Waals surface area contributed by atoms with Crippen molar-refractivity contribution in [3.05, 3.63) is 17.7 Å². The van der Waals surface area contributed by atoms with Crippen LogP contribution in [0.5, 0.6) is 0 Å². The van der Waals surface area contributed by atoms with Gasteiger partial charge in [-0.25, -0.2) is 9.97 Å². The van der Waals surface area contributed by atoms with E-state index in [0.29, 0.717) is 5.92 Å². The maximum absolute atomic E-state index is 4.81. The van der Waals surface area contributed by atoms with Crippen molar-refractivity contribution in [2.24, 2.45) is 5.92 Å². The number of hydrogen-bond acceptors (Lipinski definition) is 4. The molecule has 1 heterocycles. The van der Waals surface area contributed by atoms with E-state index >= 15 is 0 Å². The summed E-state index contributed by atoms with van der Waals surface area (Å²) >= 11 is 0. The van der Waals surface area contributed by atoms with Crippen molar-refractivity contribution in [2.75, 3.05) is 18.5 Å². The maximum atomic E-state index is 4.81. The van der Waals surface area contributed by atoms with Crippen LogP contribution >= 0.6 is 0 Å². The van der Waals surface area contributed by atoms with E-state index in [0.717, 1.165) is 30.5 Å². The molecule has 0 spiro atoms. The summed E-state index contributed by atoms with van der Waals surface area (Å²) in [6, 6.07) is 0. The molecular formula is C17H30N4. The van der Waals surface area contributed by atoms with Gasteiger partial charge in [-0.15, -0.1) is 0 Å². The number of nitrogens with one attached hydrogen (secondary N) is 1. The molecule has 0 radical (unpaired) electrons. The lowest BCUT2D eigenvalue weighted by Crippen LogP contribution is -2.36. The highest BCUT2D eigenvalue weighted by molar-refractivity contribution is 5.48. The Hall–Kier alpha value is -1.16. The zero-order valence-electron chi connectivity index (χ0n) is 14.4. The van der Waals surface area contributed by atoms with Gasteiger partial charge in [-0.2, -0.15) is 0 Å². The fraction of sp³-hybridized carbons (Fsp3) is 0.765. The Morgan fingerprint density at radius 1 is 1.33 bits per heavy atom. The van der Waals surface area contributed by atoms with E-state index in [9.17, 15) is 0 Å². The summed E-state index contributed by atoms with van der Waals surface area (Å²) in [5, 5.41) is 3.55. The van der Waals surface area contributed by atoms with Gasteiger partial charge in [-0.3, -0.25) is 0 Å². The Kier molecular flexibility index (Phi) is 4.87. The minimum atomic E-state index is 0.0925. The van der Waals surface area contributed by atoms with Gasteiger partial charge in [-0.05, 0) is 39.5 Å². The Morgan fingerprint density at radius 2 is 2.00 bits per heavy atom. The molecule has 118 valence electrons. The number of nitrogens with zero attached hydrogens (tertiary/aromatic N) is 3. The first-order chi connectivity index (χ1) is 9.76. The first-order valence-corrected chi connectivity index (χ1v) is 8.08. The smallest absolute Gasteiger partial charge is 0.131 e. The van der Waals surface area contributed by atoms with Crippen LogP contribution < -0.4 is 10.2 Å². The summed E-state index contributed by atoms with van der Waals surface area (Å²) < 4.78 is 0. The molecule has 4 nitrogen and oxygen atoms in total. The lowest BCUT2D eigenvalue weighted by molar-refractivity contribution is 0.420. The van der Waals surface area contributed by atoms with Crippen LogP contribution in [0.4, 0.5) is 5.69 Å². The average molecular weight is 290 g/mol. The van der Waals surface area contributed by atoms with E-state index in [1.54, 1.807) is 0 Å². The molecule has 1 N–H and O–H groups in total. The van der Waals surface area contributed by atoms with Crippen molar-refractivity contribution in [3.63, 3.8) is 0 Å². The second-order valence-corrected chi connectivity index (χ2v) is 7.64. The molecular weight excluding hydrogens is 260 g/mol. The largest absolute Gasteiger partial charge is 0.372 e. The molecule has 4 heteroatoms. The van der Waals surface area contributed by atoms with Crippen LogP contribution in [-0.2, 0) is 6.54 Å². The van der Waals surface area contributed by atoms with E-state index in [4.69, 9.17) is 4.98 Å². The van der Waals surface area contributed by atoms with E-state index in [1.807, 2.05) is 6.20 Å². The standard InChI is InChI=1S/C17H30N4/c1-12(2)16-18-10-15(21(6)11-13-7-8-13)14(20-16)9-19-17(3,4)5/h10,12-13,19H,7-9,11H2,1-6H3. The third kappa shape index (κ3) is 4.95. The fourth-order valence-corrected chi connectivity index (χ4v) is 2.29. The quantitative estimate of drug-likeness (QED) is 0.872. The molecule has 0 aliphatic heterocycles. The van der Waals surface area contributed by atoms with Crippen molar-refractivity contribution in [3.8, 4) is 0 Å². The molecule has 0 amide bonds. The van der Waals surface area contributed by atoms with Gasteiger partial charge in [0.15, 0.2) is 0 Å². The number of aromatic nitrogens is 2. The van der Waals surface area contributed by atoms with Gasteiger partial charge in [-0.1, -0.05) is 13.8 Å². The monoisotopic (exact) mass is 290 g/mol. The van der Waals surface area contributed by atoms with Crippen molar-refractivity contribution < 1.29 is 0 Å². The summed E-state index contributed by atoms with van der Waals surface area (Å²) in [4.78, 5) is 11.7. The molecule has 1 aliphatic carbocycles.